The number of thiocarbonyl (C=S) groups is 1. The van der Waals surface area contributed by atoms with Gasteiger partial charge < -0.3 is 5.11 Å². The van der Waals surface area contributed by atoms with Crippen molar-refractivity contribution in [2.24, 2.45) is 5.10 Å². The van der Waals surface area contributed by atoms with Crippen LogP contribution in [-0.2, 0) is 4.79 Å². The second-order valence-electron chi connectivity index (χ2n) is 3.33. The lowest BCUT2D eigenvalue weighted by Gasteiger charge is -2.07. The molecule has 1 N–H and O–H groups in total. The van der Waals surface area contributed by atoms with Crippen molar-refractivity contribution >= 4 is 63.6 Å². The number of hydrogen-bond acceptors (Lipinski definition) is 5. The van der Waals surface area contributed by atoms with Crippen molar-refractivity contribution < 1.29 is 9.90 Å². The highest BCUT2D eigenvalue weighted by molar-refractivity contribution is 8.23. The topological polar surface area (TPSA) is 52.9 Å². The quantitative estimate of drug-likeness (QED) is 0.672. The predicted molar refractivity (Wildman–Crippen MR) is 77.6 cm³/mol. The summed E-state index contributed by atoms with van der Waals surface area (Å²) in [5.41, 5.74) is 0.319. The SMILES string of the molecule is O=C1CSC(=S)N1/N=C\c1cc(Cl)cc(Cl)c1O. The number of nitrogens with zero attached hydrogens (tertiary/aromatic N) is 2. The number of phenolic OH excluding ortho intramolecular Hbond substituents is 1. The Bertz CT molecular complexity index is 547. The van der Waals surface area contributed by atoms with E-state index in [2.05, 4.69) is 5.10 Å². The van der Waals surface area contributed by atoms with Crippen LogP contribution in [0.3, 0.4) is 0 Å². The second-order valence-corrected chi connectivity index (χ2v) is 5.78. The fraction of sp³-hybridized carbons (Fsp3) is 0.100. The fourth-order valence-corrected chi connectivity index (χ4v) is 2.74. The van der Waals surface area contributed by atoms with E-state index in [4.69, 9.17) is 35.4 Å². The molecule has 1 heterocycles. The van der Waals surface area contributed by atoms with Crippen molar-refractivity contribution in [1.29, 1.82) is 0 Å². The molecule has 1 fully saturated rings. The number of benzene rings is 1. The van der Waals surface area contributed by atoms with Crippen LogP contribution in [0.5, 0.6) is 5.75 Å². The summed E-state index contributed by atoms with van der Waals surface area (Å²) in [4.78, 5) is 11.4. The molecule has 1 aliphatic rings. The van der Waals surface area contributed by atoms with Gasteiger partial charge in [-0.05, 0) is 12.1 Å². The smallest absolute Gasteiger partial charge is 0.259 e. The van der Waals surface area contributed by atoms with Crippen LogP contribution in [-0.4, -0.2) is 32.3 Å². The number of hydrazone groups is 1. The zero-order chi connectivity index (χ0) is 13.3. The first-order chi connectivity index (χ1) is 8.49. The Morgan fingerprint density at radius 1 is 1.50 bits per heavy atom. The molecule has 1 aromatic carbocycles. The number of aromatic hydroxyl groups is 1. The van der Waals surface area contributed by atoms with E-state index in [9.17, 15) is 9.90 Å². The van der Waals surface area contributed by atoms with Gasteiger partial charge in [-0.15, -0.1) is 0 Å². The minimum absolute atomic E-state index is 0.119. The van der Waals surface area contributed by atoms with E-state index in [-0.39, 0.29) is 22.4 Å². The van der Waals surface area contributed by atoms with Crippen LogP contribution in [0.2, 0.25) is 10.0 Å². The van der Waals surface area contributed by atoms with E-state index < -0.39 is 0 Å². The van der Waals surface area contributed by atoms with Crippen molar-refractivity contribution in [3.05, 3.63) is 27.7 Å². The maximum Gasteiger partial charge on any atom is 0.259 e. The molecule has 1 saturated heterocycles. The zero-order valence-corrected chi connectivity index (χ0v) is 11.9. The molecule has 0 bridgehead atoms. The molecule has 0 unspecified atom stereocenters. The molecule has 1 aromatic rings. The fourth-order valence-electron chi connectivity index (χ4n) is 1.26. The molecule has 18 heavy (non-hydrogen) atoms. The van der Waals surface area contributed by atoms with Crippen LogP contribution in [0.4, 0.5) is 0 Å². The number of amides is 1. The van der Waals surface area contributed by atoms with E-state index in [1.54, 1.807) is 0 Å². The summed E-state index contributed by atoms with van der Waals surface area (Å²) in [6.07, 6.45) is 1.29. The van der Waals surface area contributed by atoms with Gasteiger partial charge in [0.2, 0.25) is 0 Å². The monoisotopic (exact) mass is 320 g/mol. The third kappa shape index (κ3) is 2.77. The van der Waals surface area contributed by atoms with Crippen LogP contribution in [0, 0.1) is 0 Å². The highest BCUT2D eigenvalue weighted by Gasteiger charge is 2.26. The Balaban J connectivity index is 2.29. The first-order valence-electron chi connectivity index (χ1n) is 4.70. The molecule has 0 atom stereocenters. The standard InChI is InChI=1S/C10H6Cl2N2O2S2/c11-6-1-5(9(16)7(12)2-6)3-13-14-8(15)4-18-10(14)17/h1-3,16H,4H2/b13-3-. The lowest BCUT2D eigenvalue weighted by Crippen LogP contribution is -2.22. The van der Waals surface area contributed by atoms with E-state index in [1.807, 2.05) is 0 Å². The van der Waals surface area contributed by atoms with Crippen LogP contribution < -0.4 is 0 Å². The van der Waals surface area contributed by atoms with E-state index in [0.717, 1.165) is 5.01 Å². The Labute approximate surface area is 123 Å². The Hall–Kier alpha value is -0.820. The summed E-state index contributed by atoms with van der Waals surface area (Å²) in [5.74, 6) is -0.0674. The number of thioether (sulfide) groups is 1. The van der Waals surface area contributed by atoms with Gasteiger partial charge in [0.05, 0.1) is 17.0 Å². The maximum absolute atomic E-state index is 11.4. The summed E-state index contributed by atoms with van der Waals surface area (Å²) >= 11 is 17.8. The van der Waals surface area contributed by atoms with Crippen LogP contribution in [0.1, 0.15) is 5.56 Å². The first kappa shape index (κ1) is 13.6. The van der Waals surface area contributed by atoms with Gasteiger partial charge in [0.1, 0.15) is 5.75 Å². The van der Waals surface area contributed by atoms with Gasteiger partial charge in [-0.3, -0.25) is 4.79 Å². The van der Waals surface area contributed by atoms with E-state index in [0.29, 0.717) is 14.9 Å². The molecule has 94 valence electrons. The van der Waals surface area contributed by atoms with Crippen molar-refractivity contribution in [3.8, 4) is 5.75 Å². The minimum atomic E-state index is -0.200. The third-order valence-corrected chi connectivity index (χ3v) is 3.94. The summed E-state index contributed by atoms with van der Waals surface area (Å²) in [5, 5.41) is 15.2. The number of rotatable bonds is 2. The largest absolute Gasteiger partial charge is 0.506 e. The highest BCUT2D eigenvalue weighted by atomic mass is 35.5. The van der Waals surface area contributed by atoms with Crippen LogP contribution in [0.15, 0.2) is 17.2 Å². The predicted octanol–water partition coefficient (Wildman–Crippen LogP) is 2.89. The molecular weight excluding hydrogens is 315 g/mol. The summed E-state index contributed by atoms with van der Waals surface area (Å²) < 4.78 is 0.379. The lowest BCUT2D eigenvalue weighted by atomic mass is 10.2. The number of hydrogen-bond donors (Lipinski definition) is 1. The van der Waals surface area contributed by atoms with Gasteiger partial charge in [-0.2, -0.15) is 10.1 Å². The number of halogens is 2. The van der Waals surface area contributed by atoms with Crippen molar-refractivity contribution in [3.63, 3.8) is 0 Å². The molecule has 2 rings (SSSR count). The van der Waals surface area contributed by atoms with Crippen molar-refractivity contribution in [2.45, 2.75) is 0 Å². The molecule has 0 saturated carbocycles. The van der Waals surface area contributed by atoms with Crippen molar-refractivity contribution in [2.75, 3.05) is 5.75 Å². The molecule has 1 amide bonds. The molecular formula is C10H6Cl2N2O2S2. The molecule has 0 aromatic heterocycles. The normalized spacial score (nSPS) is 16.0. The van der Waals surface area contributed by atoms with E-state index in [1.165, 1.54) is 30.1 Å². The molecule has 0 aliphatic carbocycles. The Kier molecular flexibility index (Phi) is 4.11. The van der Waals surface area contributed by atoms with Gasteiger partial charge in [0.25, 0.3) is 5.91 Å². The Morgan fingerprint density at radius 3 is 2.83 bits per heavy atom. The van der Waals surface area contributed by atoms with Gasteiger partial charge in [-0.1, -0.05) is 47.2 Å². The Morgan fingerprint density at radius 2 is 2.22 bits per heavy atom. The van der Waals surface area contributed by atoms with Gasteiger partial charge in [-0.25, -0.2) is 0 Å². The number of carbonyl (C=O) groups is 1. The number of carbonyl (C=O) groups excluding carboxylic acids is 1. The third-order valence-electron chi connectivity index (χ3n) is 2.10. The summed E-state index contributed by atoms with van der Waals surface area (Å²) in [6.45, 7) is 0. The van der Waals surface area contributed by atoms with Gasteiger partial charge in [0, 0.05) is 10.6 Å². The van der Waals surface area contributed by atoms with Crippen LogP contribution >= 0.6 is 47.2 Å². The minimum Gasteiger partial charge on any atom is -0.506 e. The molecule has 4 nitrogen and oxygen atoms in total. The lowest BCUT2D eigenvalue weighted by molar-refractivity contribution is -0.123. The average molecular weight is 321 g/mol. The summed E-state index contributed by atoms with van der Waals surface area (Å²) in [6, 6.07) is 2.90. The molecule has 0 radical (unpaired) electrons. The van der Waals surface area contributed by atoms with Gasteiger partial charge >= 0.3 is 0 Å². The van der Waals surface area contributed by atoms with Crippen molar-refractivity contribution in [1.82, 2.24) is 5.01 Å². The van der Waals surface area contributed by atoms with E-state index >= 15 is 0 Å². The number of phenols is 1. The highest BCUT2D eigenvalue weighted by Crippen LogP contribution is 2.30. The molecule has 8 heteroatoms. The maximum atomic E-state index is 11.4. The zero-order valence-electron chi connectivity index (χ0n) is 8.76. The average Bonchev–Trinajstić information content (AvgIpc) is 2.62. The van der Waals surface area contributed by atoms with Gasteiger partial charge in [0.15, 0.2) is 4.32 Å². The summed E-state index contributed by atoms with van der Waals surface area (Å²) in [7, 11) is 0. The van der Waals surface area contributed by atoms with Crippen LogP contribution in [0.25, 0.3) is 0 Å². The second kappa shape index (κ2) is 5.44. The molecule has 1 aliphatic heterocycles. The first-order valence-corrected chi connectivity index (χ1v) is 6.85. The molecule has 0 spiro atoms.